The first-order valence-corrected chi connectivity index (χ1v) is 9.45. The fraction of sp³-hybridized carbons (Fsp3) is 0.409. The van der Waals surface area contributed by atoms with Gasteiger partial charge in [0.25, 0.3) is 0 Å². The molecule has 138 valence electrons. The van der Waals surface area contributed by atoms with Crippen molar-refractivity contribution in [1.82, 2.24) is 10.2 Å². The second-order valence-corrected chi connectivity index (χ2v) is 7.28. The maximum Gasteiger partial charge on any atom is 0.335 e. The number of benzene rings is 2. The number of piperidine rings is 1. The molecule has 26 heavy (non-hydrogen) atoms. The van der Waals surface area contributed by atoms with E-state index in [4.69, 9.17) is 5.11 Å². The van der Waals surface area contributed by atoms with Crippen LogP contribution in [-0.2, 0) is 6.54 Å². The van der Waals surface area contributed by atoms with Crippen molar-refractivity contribution in [3.63, 3.8) is 0 Å². The quantitative estimate of drug-likeness (QED) is 0.792. The van der Waals surface area contributed by atoms with Gasteiger partial charge in [0.05, 0.1) is 5.56 Å². The summed E-state index contributed by atoms with van der Waals surface area (Å²) < 4.78 is 0. The molecule has 1 aliphatic heterocycles. The van der Waals surface area contributed by atoms with Crippen molar-refractivity contribution >= 4 is 5.97 Å². The van der Waals surface area contributed by atoms with Crippen LogP contribution in [0.15, 0.2) is 54.6 Å². The molecule has 1 aliphatic rings. The van der Waals surface area contributed by atoms with Gasteiger partial charge >= 0.3 is 5.97 Å². The molecule has 0 spiro atoms. The average Bonchev–Trinajstić information content (AvgIpc) is 2.67. The van der Waals surface area contributed by atoms with Gasteiger partial charge in [-0.1, -0.05) is 49.4 Å². The largest absolute Gasteiger partial charge is 0.478 e. The van der Waals surface area contributed by atoms with Crippen molar-refractivity contribution < 1.29 is 9.90 Å². The molecule has 1 atom stereocenters. The summed E-state index contributed by atoms with van der Waals surface area (Å²) in [4.78, 5) is 13.5. The van der Waals surface area contributed by atoms with Crippen molar-refractivity contribution in [2.75, 3.05) is 19.6 Å². The number of carboxylic acid groups (broad SMARTS) is 1. The molecule has 0 aromatic heterocycles. The highest BCUT2D eigenvalue weighted by molar-refractivity contribution is 5.87. The minimum absolute atomic E-state index is 0.332. The van der Waals surface area contributed by atoms with Gasteiger partial charge in [-0.3, -0.25) is 4.90 Å². The zero-order valence-electron chi connectivity index (χ0n) is 15.4. The second-order valence-electron chi connectivity index (χ2n) is 7.28. The average molecular weight is 352 g/mol. The number of hydrogen-bond acceptors (Lipinski definition) is 3. The standard InChI is InChI=1S/C22H28N2O2/c1-17-11-13-24(14-12-17)21(19-5-3-2-4-6-19)16-23-15-18-7-9-20(10-8-18)22(25)26/h2-10,17,21,23H,11-16H2,1H3,(H,25,26). The van der Waals surface area contributed by atoms with Gasteiger partial charge in [0.1, 0.15) is 0 Å². The second kappa shape index (κ2) is 8.97. The topological polar surface area (TPSA) is 52.6 Å². The Balaban J connectivity index is 1.61. The molecule has 0 saturated carbocycles. The van der Waals surface area contributed by atoms with E-state index < -0.39 is 5.97 Å². The zero-order chi connectivity index (χ0) is 18.4. The predicted octanol–water partition coefficient (Wildman–Crippen LogP) is 3.95. The molecular weight excluding hydrogens is 324 g/mol. The number of aromatic carboxylic acids is 1. The molecule has 1 heterocycles. The van der Waals surface area contributed by atoms with Crippen LogP contribution in [0, 0.1) is 5.92 Å². The summed E-state index contributed by atoms with van der Waals surface area (Å²) in [6.45, 7) is 6.27. The number of rotatable bonds is 7. The molecule has 2 aromatic carbocycles. The van der Waals surface area contributed by atoms with Gasteiger partial charge in [-0.2, -0.15) is 0 Å². The Morgan fingerprint density at radius 3 is 2.38 bits per heavy atom. The Bertz CT molecular complexity index is 692. The van der Waals surface area contributed by atoms with Crippen LogP contribution in [0.5, 0.6) is 0 Å². The van der Waals surface area contributed by atoms with Crippen LogP contribution >= 0.6 is 0 Å². The van der Waals surface area contributed by atoms with Gasteiger partial charge in [-0.25, -0.2) is 4.79 Å². The van der Waals surface area contributed by atoms with Crippen LogP contribution in [0.3, 0.4) is 0 Å². The normalized spacial score (nSPS) is 17.1. The number of carboxylic acids is 1. The number of likely N-dealkylation sites (tertiary alicyclic amines) is 1. The SMILES string of the molecule is CC1CCN(C(CNCc2ccc(C(=O)O)cc2)c2ccccc2)CC1. The maximum atomic E-state index is 10.9. The van der Waals surface area contributed by atoms with Crippen molar-refractivity contribution in [1.29, 1.82) is 0 Å². The molecule has 0 radical (unpaired) electrons. The fourth-order valence-corrected chi connectivity index (χ4v) is 3.59. The van der Waals surface area contributed by atoms with Crippen molar-refractivity contribution in [2.45, 2.75) is 32.4 Å². The van der Waals surface area contributed by atoms with E-state index >= 15 is 0 Å². The summed E-state index contributed by atoms with van der Waals surface area (Å²) >= 11 is 0. The highest BCUT2D eigenvalue weighted by Gasteiger charge is 2.24. The maximum absolute atomic E-state index is 10.9. The molecule has 1 saturated heterocycles. The smallest absolute Gasteiger partial charge is 0.335 e. The van der Waals surface area contributed by atoms with Crippen LogP contribution in [0.1, 0.15) is 47.3 Å². The van der Waals surface area contributed by atoms with Gasteiger partial charge in [-0.05, 0) is 55.1 Å². The number of carbonyl (C=O) groups is 1. The molecule has 1 unspecified atom stereocenters. The Morgan fingerprint density at radius 1 is 1.12 bits per heavy atom. The Hall–Kier alpha value is -2.17. The summed E-state index contributed by atoms with van der Waals surface area (Å²) in [6.07, 6.45) is 2.53. The van der Waals surface area contributed by atoms with Gasteiger partial charge in [0, 0.05) is 19.1 Å². The van der Waals surface area contributed by atoms with Crippen molar-refractivity contribution in [3.8, 4) is 0 Å². The molecule has 4 nitrogen and oxygen atoms in total. The van der Waals surface area contributed by atoms with Gasteiger partial charge in [-0.15, -0.1) is 0 Å². The van der Waals surface area contributed by atoms with E-state index in [0.717, 1.165) is 37.7 Å². The third kappa shape index (κ3) is 4.93. The van der Waals surface area contributed by atoms with E-state index in [1.165, 1.54) is 18.4 Å². The minimum Gasteiger partial charge on any atom is -0.478 e. The van der Waals surface area contributed by atoms with Crippen molar-refractivity contribution in [3.05, 3.63) is 71.3 Å². The lowest BCUT2D eigenvalue weighted by atomic mass is 9.95. The third-order valence-corrected chi connectivity index (χ3v) is 5.31. The van der Waals surface area contributed by atoms with E-state index in [1.54, 1.807) is 12.1 Å². The third-order valence-electron chi connectivity index (χ3n) is 5.31. The van der Waals surface area contributed by atoms with Gasteiger partial charge in [0.2, 0.25) is 0 Å². The first-order valence-electron chi connectivity index (χ1n) is 9.45. The highest BCUT2D eigenvalue weighted by Crippen LogP contribution is 2.26. The van der Waals surface area contributed by atoms with E-state index in [0.29, 0.717) is 11.6 Å². The van der Waals surface area contributed by atoms with Crippen LogP contribution in [0.25, 0.3) is 0 Å². The first kappa shape index (κ1) is 18.6. The summed E-state index contributed by atoms with van der Waals surface area (Å²) in [5.41, 5.74) is 2.79. The Morgan fingerprint density at radius 2 is 1.77 bits per heavy atom. The molecule has 1 fully saturated rings. The van der Waals surface area contributed by atoms with E-state index in [-0.39, 0.29) is 0 Å². The summed E-state index contributed by atoms with van der Waals surface area (Å²) in [5.74, 6) is -0.0589. The zero-order valence-corrected chi connectivity index (χ0v) is 15.4. The summed E-state index contributed by atoms with van der Waals surface area (Å²) in [7, 11) is 0. The molecule has 3 rings (SSSR count). The molecule has 0 aliphatic carbocycles. The monoisotopic (exact) mass is 352 g/mol. The number of hydrogen-bond donors (Lipinski definition) is 2. The van der Waals surface area contributed by atoms with E-state index in [2.05, 4.69) is 47.5 Å². The fourth-order valence-electron chi connectivity index (χ4n) is 3.59. The van der Waals surface area contributed by atoms with Crippen LogP contribution < -0.4 is 5.32 Å². The lowest BCUT2D eigenvalue weighted by molar-refractivity contribution is 0.0697. The summed E-state index contributed by atoms with van der Waals surface area (Å²) in [5, 5.41) is 12.6. The lowest BCUT2D eigenvalue weighted by Gasteiger charge is -2.37. The number of nitrogens with one attached hydrogen (secondary N) is 1. The summed E-state index contributed by atoms with van der Waals surface area (Å²) in [6, 6.07) is 18.2. The predicted molar refractivity (Wildman–Crippen MR) is 104 cm³/mol. The van der Waals surface area contributed by atoms with E-state index in [9.17, 15) is 4.79 Å². The Kier molecular flexibility index (Phi) is 6.42. The highest BCUT2D eigenvalue weighted by atomic mass is 16.4. The Labute approximate surface area is 155 Å². The van der Waals surface area contributed by atoms with Gasteiger partial charge < -0.3 is 10.4 Å². The number of nitrogens with zero attached hydrogens (tertiary/aromatic N) is 1. The molecule has 2 N–H and O–H groups in total. The molecule has 4 heteroatoms. The van der Waals surface area contributed by atoms with Gasteiger partial charge in [0.15, 0.2) is 0 Å². The molecular formula is C22H28N2O2. The molecule has 0 amide bonds. The molecule has 2 aromatic rings. The lowest BCUT2D eigenvalue weighted by Crippen LogP contribution is -2.40. The van der Waals surface area contributed by atoms with Crippen molar-refractivity contribution in [2.24, 2.45) is 5.92 Å². The van der Waals surface area contributed by atoms with E-state index in [1.807, 2.05) is 12.1 Å². The van der Waals surface area contributed by atoms with Crippen LogP contribution in [0.2, 0.25) is 0 Å². The van der Waals surface area contributed by atoms with Crippen LogP contribution in [0.4, 0.5) is 0 Å². The first-order chi connectivity index (χ1) is 12.6. The van der Waals surface area contributed by atoms with Crippen LogP contribution in [-0.4, -0.2) is 35.6 Å². The molecule has 0 bridgehead atoms. The minimum atomic E-state index is -0.882.